The number of rotatable bonds is 9. The number of benzene rings is 2. The van der Waals surface area contributed by atoms with Crippen LogP contribution in [0.4, 0.5) is 5.69 Å². The molecule has 1 aliphatic heterocycles. The Morgan fingerprint density at radius 3 is 2.42 bits per heavy atom. The largest absolute Gasteiger partial charge is 0.497 e. The van der Waals surface area contributed by atoms with E-state index < -0.39 is 32.2 Å². The van der Waals surface area contributed by atoms with E-state index in [1.165, 1.54) is 42.7 Å². The molecule has 3 atom stereocenters. The van der Waals surface area contributed by atoms with Crippen LogP contribution in [0.15, 0.2) is 47.4 Å². The number of nitrogens with one attached hydrogen (secondary N) is 1. The summed E-state index contributed by atoms with van der Waals surface area (Å²) in [7, 11) is -4.46. The molecule has 1 heterocycles. The van der Waals surface area contributed by atoms with Crippen molar-refractivity contribution in [3.05, 3.63) is 48.0 Å². The molecule has 0 radical (unpaired) electrons. The predicted octanol–water partition coefficient (Wildman–Crippen LogP) is 1.54. The molecule has 0 bridgehead atoms. The first-order chi connectivity index (χ1) is 17.7. The first-order valence-electron chi connectivity index (χ1n) is 12.0. The van der Waals surface area contributed by atoms with Gasteiger partial charge in [-0.3, -0.25) is 9.52 Å². The minimum Gasteiger partial charge on any atom is -0.497 e. The number of methoxy groups -OCH3 is 1. The predicted molar refractivity (Wildman–Crippen MR) is 143 cm³/mol. The van der Waals surface area contributed by atoms with E-state index in [9.17, 15) is 26.7 Å². The number of anilines is 1. The molecular formula is C25H35N3O8S2. The number of hydrogen-bond donors (Lipinski definition) is 2. The van der Waals surface area contributed by atoms with E-state index in [1.54, 1.807) is 30.0 Å². The Bertz CT molecular complexity index is 1350. The number of likely N-dealkylation sites (N-methyl/N-ethyl adjacent to an activating group) is 1. The zero-order valence-corrected chi connectivity index (χ0v) is 23.8. The summed E-state index contributed by atoms with van der Waals surface area (Å²) in [5.41, 5.74) is 0.714. The van der Waals surface area contributed by atoms with E-state index in [-0.39, 0.29) is 48.5 Å². The number of nitrogens with zero attached hydrogens (tertiary/aromatic N) is 2. The van der Waals surface area contributed by atoms with Gasteiger partial charge in [-0.05, 0) is 49.4 Å². The lowest BCUT2D eigenvalue weighted by Gasteiger charge is -2.33. The minimum atomic E-state index is -3.87. The van der Waals surface area contributed by atoms with Gasteiger partial charge in [-0.1, -0.05) is 6.92 Å². The normalized spacial score (nSPS) is 19.6. The molecule has 0 aliphatic carbocycles. The molecule has 0 spiro atoms. The van der Waals surface area contributed by atoms with Crippen molar-refractivity contribution in [2.45, 2.75) is 37.3 Å². The van der Waals surface area contributed by atoms with Crippen LogP contribution in [0.25, 0.3) is 0 Å². The van der Waals surface area contributed by atoms with Gasteiger partial charge in [0.2, 0.25) is 26.0 Å². The van der Waals surface area contributed by atoms with Crippen molar-refractivity contribution < 1.29 is 36.2 Å². The number of amides is 1. The molecule has 0 saturated heterocycles. The lowest BCUT2D eigenvalue weighted by Crippen LogP contribution is -2.48. The van der Waals surface area contributed by atoms with Crippen molar-refractivity contribution in [1.29, 1.82) is 0 Å². The summed E-state index contributed by atoms with van der Waals surface area (Å²) in [6, 6.07) is 10.2. The first-order valence-corrected chi connectivity index (χ1v) is 15.4. The van der Waals surface area contributed by atoms with Gasteiger partial charge >= 0.3 is 0 Å². The molecule has 3 rings (SSSR count). The Morgan fingerprint density at radius 1 is 1.18 bits per heavy atom. The molecule has 1 amide bonds. The molecular weight excluding hydrogens is 534 g/mol. The van der Waals surface area contributed by atoms with E-state index in [2.05, 4.69) is 4.72 Å². The molecule has 0 fully saturated rings. The van der Waals surface area contributed by atoms with E-state index >= 15 is 0 Å². The van der Waals surface area contributed by atoms with Gasteiger partial charge in [0.05, 0.1) is 43.9 Å². The molecule has 2 aromatic rings. The zero-order chi connectivity index (χ0) is 28.3. The van der Waals surface area contributed by atoms with Crippen LogP contribution in [0.2, 0.25) is 0 Å². The Labute approximate surface area is 224 Å². The maximum atomic E-state index is 13.3. The summed E-state index contributed by atoms with van der Waals surface area (Å²) in [4.78, 5) is 14.9. The third kappa shape index (κ3) is 7.16. The SMILES string of the molecule is COc1ccc(S(=O)(=O)N(C)C[C@@H]2Oc3ccc(NS(C)(=O)=O)cc3CC(=O)N([C@@H](C)CO)C[C@@H]2C)cc1. The molecule has 0 saturated carbocycles. The van der Waals surface area contributed by atoms with Gasteiger partial charge in [-0.15, -0.1) is 0 Å². The maximum Gasteiger partial charge on any atom is 0.242 e. The highest BCUT2D eigenvalue weighted by atomic mass is 32.2. The summed E-state index contributed by atoms with van der Waals surface area (Å²) in [6.07, 6.45) is 0.274. The maximum absolute atomic E-state index is 13.3. The zero-order valence-electron chi connectivity index (χ0n) is 22.1. The summed E-state index contributed by atoms with van der Waals surface area (Å²) in [5.74, 6) is 0.299. The van der Waals surface area contributed by atoms with Crippen molar-refractivity contribution in [3.63, 3.8) is 0 Å². The Balaban J connectivity index is 1.98. The number of aliphatic hydroxyl groups excluding tert-OH is 1. The molecule has 0 aromatic heterocycles. The third-order valence-corrected chi connectivity index (χ3v) is 8.87. The van der Waals surface area contributed by atoms with Crippen LogP contribution in [0, 0.1) is 5.92 Å². The van der Waals surface area contributed by atoms with Crippen LogP contribution in [0.5, 0.6) is 11.5 Å². The molecule has 38 heavy (non-hydrogen) atoms. The molecule has 210 valence electrons. The highest BCUT2D eigenvalue weighted by Gasteiger charge is 2.33. The molecule has 2 aromatic carbocycles. The number of fused-ring (bicyclic) bond motifs is 1. The quantitative estimate of drug-likeness (QED) is 0.463. The summed E-state index contributed by atoms with van der Waals surface area (Å²) >= 11 is 0. The third-order valence-electron chi connectivity index (χ3n) is 6.42. The highest BCUT2D eigenvalue weighted by molar-refractivity contribution is 7.92. The second-order valence-electron chi connectivity index (χ2n) is 9.55. The molecule has 1 aliphatic rings. The van der Waals surface area contributed by atoms with Crippen molar-refractivity contribution in [2.24, 2.45) is 5.92 Å². The van der Waals surface area contributed by atoms with E-state index in [4.69, 9.17) is 9.47 Å². The van der Waals surface area contributed by atoms with E-state index in [1.807, 2.05) is 6.92 Å². The van der Waals surface area contributed by atoms with Crippen LogP contribution < -0.4 is 14.2 Å². The lowest BCUT2D eigenvalue weighted by atomic mass is 10.0. The smallest absolute Gasteiger partial charge is 0.242 e. The van der Waals surface area contributed by atoms with Crippen molar-refractivity contribution in [3.8, 4) is 11.5 Å². The fourth-order valence-corrected chi connectivity index (χ4v) is 5.94. The van der Waals surface area contributed by atoms with Crippen LogP contribution in [0.1, 0.15) is 19.4 Å². The second-order valence-corrected chi connectivity index (χ2v) is 13.3. The number of ether oxygens (including phenoxy) is 2. The number of carbonyl (C=O) groups excluding carboxylic acids is 1. The van der Waals surface area contributed by atoms with Crippen molar-refractivity contribution in [2.75, 3.05) is 44.8 Å². The van der Waals surface area contributed by atoms with Gasteiger partial charge in [-0.25, -0.2) is 16.8 Å². The van der Waals surface area contributed by atoms with Crippen LogP contribution in [-0.2, 0) is 31.3 Å². The Kier molecular flexibility index (Phi) is 9.29. The van der Waals surface area contributed by atoms with Crippen LogP contribution >= 0.6 is 0 Å². The summed E-state index contributed by atoms with van der Waals surface area (Å²) in [5, 5.41) is 9.77. The van der Waals surface area contributed by atoms with Gasteiger partial charge in [-0.2, -0.15) is 4.31 Å². The first kappa shape index (κ1) is 29.7. The van der Waals surface area contributed by atoms with E-state index in [0.717, 1.165) is 6.26 Å². The number of aliphatic hydroxyl groups is 1. The van der Waals surface area contributed by atoms with Gasteiger partial charge in [0, 0.05) is 30.8 Å². The summed E-state index contributed by atoms with van der Waals surface area (Å²) < 4.78 is 65.1. The topological polar surface area (TPSA) is 143 Å². The van der Waals surface area contributed by atoms with Gasteiger partial charge in [0.25, 0.3) is 0 Å². The van der Waals surface area contributed by atoms with E-state index in [0.29, 0.717) is 17.1 Å². The second kappa shape index (κ2) is 11.9. The Hall–Kier alpha value is -2.87. The fraction of sp³-hybridized carbons (Fsp3) is 0.480. The van der Waals surface area contributed by atoms with Crippen molar-refractivity contribution in [1.82, 2.24) is 9.21 Å². The lowest BCUT2D eigenvalue weighted by molar-refractivity contribution is -0.134. The molecule has 13 heteroatoms. The highest BCUT2D eigenvalue weighted by Crippen LogP contribution is 2.30. The average Bonchev–Trinajstić information content (AvgIpc) is 2.90. The average molecular weight is 570 g/mol. The van der Waals surface area contributed by atoms with Gasteiger partial charge < -0.3 is 19.5 Å². The van der Waals surface area contributed by atoms with Crippen LogP contribution in [-0.4, -0.2) is 89.3 Å². The van der Waals surface area contributed by atoms with Gasteiger partial charge in [0.1, 0.15) is 17.6 Å². The minimum absolute atomic E-state index is 0.0200. The molecule has 11 nitrogen and oxygen atoms in total. The van der Waals surface area contributed by atoms with Gasteiger partial charge in [0.15, 0.2) is 0 Å². The molecule has 2 N–H and O–H groups in total. The standard InChI is InChI=1S/C25H35N3O8S2/c1-17-14-28(18(2)16-29)25(30)13-19-12-20(26-37(5,31)32)6-11-23(19)36-24(17)15-27(3)38(33,34)22-9-7-21(35-4)8-10-22/h6-12,17-18,24,26,29H,13-16H2,1-5H3/t17-,18-,24-/m0/s1. The number of hydrogen-bond acceptors (Lipinski definition) is 8. The monoisotopic (exact) mass is 569 g/mol. The van der Waals surface area contributed by atoms with Crippen molar-refractivity contribution >= 4 is 31.6 Å². The number of sulfonamides is 2. The Morgan fingerprint density at radius 2 is 1.84 bits per heavy atom. The summed E-state index contributed by atoms with van der Waals surface area (Å²) in [6.45, 7) is 3.53. The fourth-order valence-electron chi connectivity index (χ4n) is 4.20. The number of carbonyl (C=O) groups is 1. The van der Waals surface area contributed by atoms with Crippen LogP contribution in [0.3, 0.4) is 0 Å². The molecule has 0 unspecified atom stereocenters.